The third kappa shape index (κ3) is 3.00. The van der Waals surface area contributed by atoms with Gasteiger partial charge in [0.05, 0.1) is 17.6 Å². The first-order valence-corrected chi connectivity index (χ1v) is 6.97. The molecule has 1 heterocycles. The zero-order valence-electron chi connectivity index (χ0n) is 12.4. The van der Waals surface area contributed by atoms with E-state index in [1.165, 1.54) is 12.1 Å². The molecule has 0 aliphatic carbocycles. The van der Waals surface area contributed by atoms with Crippen molar-refractivity contribution in [3.05, 3.63) is 59.7 Å². The number of aromatic nitrogens is 2. The van der Waals surface area contributed by atoms with Crippen LogP contribution >= 0.6 is 0 Å². The van der Waals surface area contributed by atoms with Crippen LogP contribution in [0.1, 0.15) is 16.2 Å². The van der Waals surface area contributed by atoms with E-state index < -0.39 is 5.91 Å². The molecule has 1 aromatic heterocycles. The van der Waals surface area contributed by atoms with Crippen molar-refractivity contribution in [1.82, 2.24) is 15.0 Å². The molecule has 0 saturated carbocycles. The number of rotatable bonds is 4. The number of benzene rings is 2. The van der Waals surface area contributed by atoms with Crippen molar-refractivity contribution in [3.8, 4) is 0 Å². The van der Waals surface area contributed by atoms with Gasteiger partial charge in [0.1, 0.15) is 11.6 Å². The van der Waals surface area contributed by atoms with E-state index in [1.807, 2.05) is 11.6 Å². The zero-order valence-corrected chi connectivity index (χ0v) is 12.4. The van der Waals surface area contributed by atoms with Crippen molar-refractivity contribution < 1.29 is 14.4 Å². The van der Waals surface area contributed by atoms with Crippen LogP contribution in [0.2, 0.25) is 0 Å². The zero-order chi connectivity index (χ0) is 16.4. The molecule has 0 bridgehead atoms. The average molecular weight is 314 g/mol. The molecule has 1 amide bonds. The van der Waals surface area contributed by atoms with Crippen LogP contribution in [-0.2, 0) is 13.6 Å². The quantitative estimate of drug-likeness (QED) is 0.510. The summed E-state index contributed by atoms with van der Waals surface area (Å²) in [5.41, 5.74) is 4.08. The second-order valence-electron chi connectivity index (χ2n) is 5.10. The predicted octanol–water partition coefficient (Wildman–Crippen LogP) is 2.44. The van der Waals surface area contributed by atoms with Crippen molar-refractivity contribution in [2.45, 2.75) is 6.54 Å². The SMILES string of the molecule is Cn1c(CNc2cccc(F)c2)nc2cc(C(=O)NO)ccc21. The molecule has 0 saturated heterocycles. The second-order valence-corrected chi connectivity index (χ2v) is 5.10. The van der Waals surface area contributed by atoms with Crippen molar-refractivity contribution in [2.24, 2.45) is 7.05 Å². The molecule has 0 aliphatic rings. The lowest BCUT2D eigenvalue weighted by atomic mass is 10.2. The number of imidazole rings is 1. The highest BCUT2D eigenvalue weighted by atomic mass is 19.1. The van der Waals surface area contributed by atoms with Gasteiger partial charge in [-0.15, -0.1) is 0 Å². The van der Waals surface area contributed by atoms with Crippen molar-refractivity contribution in [1.29, 1.82) is 0 Å². The van der Waals surface area contributed by atoms with Crippen LogP contribution in [0.5, 0.6) is 0 Å². The molecular formula is C16H15FN4O2. The summed E-state index contributed by atoms with van der Waals surface area (Å²) >= 11 is 0. The summed E-state index contributed by atoms with van der Waals surface area (Å²) in [6, 6.07) is 11.2. The van der Waals surface area contributed by atoms with Gasteiger partial charge in [-0.25, -0.2) is 14.9 Å². The normalized spacial score (nSPS) is 10.7. The number of aryl methyl sites for hydroxylation is 1. The topological polar surface area (TPSA) is 79.2 Å². The second kappa shape index (κ2) is 6.05. The van der Waals surface area contributed by atoms with Gasteiger partial charge < -0.3 is 9.88 Å². The average Bonchev–Trinajstić information content (AvgIpc) is 2.88. The number of hydrogen-bond donors (Lipinski definition) is 3. The monoisotopic (exact) mass is 314 g/mol. The molecule has 6 nitrogen and oxygen atoms in total. The van der Waals surface area contributed by atoms with Crippen molar-refractivity contribution in [2.75, 3.05) is 5.32 Å². The molecule has 118 valence electrons. The van der Waals surface area contributed by atoms with Gasteiger partial charge in [0.2, 0.25) is 0 Å². The van der Waals surface area contributed by atoms with Gasteiger partial charge in [0.15, 0.2) is 0 Å². The maximum atomic E-state index is 13.2. The van der Waals surface area contributed by atoms with E-state index in [-0.39, 0.29) is 5.82 Å². The first kappa shape index (κ1) is 15.0. The van der Waals surface area contributed by atoms with E-state index >= 15 is 0 Å². The Bertz CT molecular complexity index is 876. The van der Waals surface area contributed by atoms with E-state index in [0.29, 0.717) is 23.3 Å². The highest BCUT2D eigenvalue weighted by Gasteiger charge is 2.11. The Hall–Kier alpha value is -2.93. The summed E-state index contributed by atoms with van der Waals surface area (Å²) in [7, 11) is 1.86. The third-order valence-electron chi connectivity index (χ3n) is 3.61. The van der Waals surface area contributed by atoms with E-state index in [4.69, 9.17) is 5.21 Å². The van der Waals surface area contributed by atoms with Gasteiger partial charge in [0, 0.05) is 18.3 Å². The largest absolute Gasteiger partial charge is 0.378 e. The number of nitrogens with zero attached hydrogens (tertiary/aromatic N) is 2. The molecule has 0 spiro atoms. The highest BCUT2D eigenvalue weighted by Crippen LogP contribution is 2.18. The molecule has 0 unspecified atom stereocenters. The van der Waals surface area contributed by atoms with Crippen LogP contribution in [0.3, 0.4) is 0 Å². The van der Waals surface area contributed by atoms with Gasteiger partial charge in [-0.05, 0) is 36.4 Å². The molecule has 2 aromatic carbocycles. The Balaban J connectivity index is 1.86. The van der Waals surface area contributed by atoms with Crippen molar-refractivity contribution >= 4 is 22.6 Å². The standard InChI is InChI=1S/C16H15FN4O2/c1-21-14-6-5-10(16(22)20-23)7-13(14)19-15(21)9-18-12-4-2-3-11(17)8-12/h2-8,18,23H,9H2,1H3,(H,20,22). The summed E-state index contributed by atoms with van der Waals surface area (Å²) in [6.45, 7) is 0.413. The predicted molar refractivity (Wildman–Crippen MR) is 83.7 cm³/mol. The van der Waals surface area contributed by atoms with Crippen LogP contribution < -0.4 is 10.8 Å². The number of halogens is 1. The summed E-state index contributed by atoms with van der Waals surface area (Å²) in [5, 5.41) is 11.8. The summed E-state index contributed by atoms with van der Waals surface area (Å²) in [4.78, 5) is 15.9. The highest BCUT2D eigenvalue weighted by molar-refractivity contribution is 5.96. The van der Waals surface area contributed by atoms with Gasteiger partial charge in [-0.3, -0.25) is 10.0 Å². The minimum absolute atomic E-state index is 0.306. The Kier molecular flexibility index (Phi) is 3.94. The molecule has 0 radical (unpaired) electrons. The Morgan fingerprint density at radius 3 is 2.87 bits per heavy atom. The first-order chi connectivity index (χ1) is 11.1. The van der Waals surface area contributed by atoms with Crippen LogP contribution in [-0.4, -0.2) is 20.7 Å². The lowest BCUT2D eigenvalue weighted by molar-refractivity contribution is 0.0706. The number of hydroxylamine groups is 1. The van der Waals surface area contributed by atoms with Gasteiger partial charge in [-0.2, -0.15) is 0 Å². The summed E-state index contributed by atoms with van der Waals surface area (Å²) in [5.74, 6) is -0.150. The molecule has 0 aliphatic heterocycles. The number of fused-ring (bicyclic) bond motifs is 1. The molecule has 3 N–H and O–H groups in total. The number of carbonyl (C=O) groups is 1. The Morgan fingerprint density at radius 1 is 1.30 bits per heavy atom. The molecule has 7 heteroatoms. The fraction of sp³-hybridized carbons (Fsp3) is 0.125. The molecule has 0 atom stereocenters. The van der Waals surface area contributed by atoms with Gasteiger partial charge in [0.25, 0.3) is 5.91 Å². The van der Waals surface area contributed by atoms with E-state index in [0.717, 1.165) is 11.3 Å². The number of anilines is 1. The Morgan fingerprint density at radius 2 is 2.13 bits per heavy atom. The van der Waals surface area contributed by atoms with Crippen molar-refractivity contribution in [3.63, 3.8) is 0 Å². The number of carbonyl (C=O) groups excluding carboxylic acids is 1. The van der Waals surface area contributed by atoms with Crippen LogP contribution in [0.15, 0.2) is 42.5 Å². The number of amides is 1. The maximum absolute atomic E-state index is 13.2. The molecule has 0 fully saturated rings. The minimum Gasteiger partial charge on any atom is -0.378 e. The Labute approximate surface area is 131 Å². The molecule has 3 rings (SSSR count). The molecule has 23 heavy (non-hydrogen) atoms. The lowest BCUT2D eigenvalue weighted by Crippen LogP contribution is -2.18. The number of hydrogen-bond acceptors (Lipinski definition) is 4. The molecule has 3 aromatic rings. The first-order valence-electron chi connectivity index (χ1n) is 6.97. The minimum atomic E-state index is -0.586. The van der Waals surface area contributed by atoms with E-state index in [9.17, 15) is 9.18 Å². The van der Waals surface area contributed by atoms with Gasteiger partial charge >= 0.3 is 0 Å². The molecular weight excluding hydrogens is 299 g/mol. The summed E-state index contributed by atoms with van der Waals surface area (Å²) in [6.07, 6.45) is 0. The fourth-order valence-electron chi connectivity index (χ4n) is 2.39. The fourth-order valence-corrected chi connectivity index (χ4v) is 2.39. The van der Waals surface area contributed by atoms with E-state index in [1.54, 1.807) is 35.8 Å². The van der Waals surface area contributed by atoms with Crippen LogP contribution in [0.4, 0.5) is 10.1 Å². The third-order valence-corrected chi connectivity index (χ3v) is 3.61. The maximum Gasteiger partial charge on any atom is 0.274 e. The smallest absolute Gasteiger partial charge is 0.274 e. The van der Waals surface area contributed by atoms with Gasteiger partial charge in [-0.1, -0.05) is 6.07 Å². The summed E-state index contributed by atoms with van der Waals surface area (Å²) < 4.78 is 15.1. The van der Waals surface area contributed by atoms with E-state index in [2.05, 4.69) is 10.3 Å². The lowest BCUT2D eigenvalue weighted by Gasteiger charge is -2.06. The number of nitrogens with one attached hydrogen (secondary N) is 2. The van der Waals surface area contributed by atoms with Crippen LogP contribution in [0.25, 0.3) is 11.0 Å². The van der Waals surface area contributed by atoms with Crippen LogP contribution in [0, 0.1) is 5.82 Å².